The van der Waals surface area contributed by atoms with Gasteiger partial charge in [-0.15, -0.1) is 0 Å². The second-order valence-corrected chi connectivity index (χ2v) is 5.14. The number of amides is 1. The molecule has 0 spiro atoms. The summed E-state index contributed by atoms with van der Waals surface area (Å²) in [5.74, 6) is -0.512. The third-order valence-corrected chi connectivity index (χ3v) is 3.61. The molecule has 1 aromatic rings. The first-order valence-electron chi connectivity index (χ1n) is 6.65. The van der Waals surface area contributed by atoms with E-state index in [9.17, 15) is 9.59 Å². The van der Waals surface area contributed by atoms with Gasteiger partial charge in [-0.25, -0.2) is 4.79 Å². The molecule has 1 unspecified atom stereocenters. The summed E-state index contributed by atoms with van der Waals surface area (Å²) < 4.78 is 5.12. The molecule has 1 aliphatic carbocycles. The van der Waals surface area contributed by atoms with Crippen LogP contribution in [0.15, 0.2) is 18.2 Å². The van der Waals surface area contributed by atoms with Gasteiger partial charge in [-0.3, -0.25) is 4.79 Å². The van der Waals surface area contributed by atoms with Gasteiger partial charge in [0.2, 0.25) is 0 Å². The number of carbonyl (C=O) groups is 2. The molecule has 5 nitrogen and oxygen atoms in total. The minimum atomic E-state index is -0.976. The zero-order valence-electron chi connectivity index (χ0n) is 11.9. The molecule has 1 aromatic carbocycles. The van der Waals surface area contributed by atoms with Crippen LogP contribution >= 0.6 is 0 Å². The third-order valence-electron chi connectivity index (χ3n) is 3.61. The van der Waals surface area contributed by atoms with Crippen molar-refractivity contribution in [3.05, 3.63) is 29.3 Å². The summed E-state index contributed by atoms with van der Waals surface area (Å²) in [6.45, 7) is 3.38. The van der Waals surface area contributed by atoms with E-state index >= 15 is 0 Å². The molecule has 0 aromatic heterocycles. The van der Waals surface area contributed by atoms with Crippen LogP contribution in [0.5, 0.6) is 5.75 Å². The molecular formula is C15H19NO4. The van der Waals surface area contributed by atoms with Crippen molar-refractivity contribution in [1.82, 2.24) is 4.90 Å². The van der Waals surface area contributed by atoms with E-state index in [4.69, 9.17) is 9.84 Å². The molecule has 108 valence electrons. The molecule has 20 heavy (non-hydrogen) atoms. The van der Waals surface area contributed by atoms with Crippen LogP contribution in [0.25, 0.3) is 0 Å². The first-order chi connectivity index (χ1) is 9.45. The molecule has 1 atom stereocenters. The van der Waals surface area contributed by atoms with Crippen LogP contribution in [-0.4, -0.2) is 41.1 Å². The quantitative estimate of drug-likeness (QED) is 0.894. The standard InChI is InChI=1S/C15H19NO4/c1-9-8-12(20-3)6-7-13(9)14(17)16(11-4-5-11)10(2)15(18)19/h6-8,10-11H,4-5H2,1-3H3,(H,18,19). The van der Waals surface area contributed by atoms with Crippen LogP contribution in [0.2, 0.25) is 0 Å². The highest BCUT2D eigenvalue weighted by Crippen LogP contribution is 2.31. The average Bonchev–Trinajstić information content (AvgIpc) is 3.22. The van der Waals surface area contributed by atoms with E-state index in [0.29, 0.717) is 11.3 Å². The van der Waals surface area contributed by atoms with E-state index < -0.39 is 12.0 Å². The smallest absolute Gasteiger partial charge is 0.326 e. The number of carboxylic acids is 1. The van der Waals surface area contributed by atoms with Crippen LogP contribution in [0.3, 0.4) is 0 Å². The highest BCUT2D eigenvalue weighted by atomic mass is 16.5. The van der Waals surface area contributed by atoms with E-state index in [2.05, 4.69) is 0 Å². The second kappa shape index (κ2) is 5.53. The predicted molar refractivity (Wildman–Crippen MR) is 74.0 cm³/mol. The van der Waals surface area contributed by atoms with Crippen molar-refractivity contribution in [2.45, 2.75) is 38.8 Å². The zero-order chi connectivity index (χ0) is 14.9. The highest BCUT2D eigenvalue weighted by molar-refractivity contribution is 5.98. The molecule has 0 radical (unpaired) electrons. The van der Waals surface area contributed by atoms with Crippen LogP contribution < -0.4 is 4.74 Å². The second-order valence-electron chi connectivity index (χ2n) is 5.14. The Kier molecular flexibility index (Phi) is 3.97. The van der Waals surface area contributed by atoms with Crippen LogP contribution in [0.4, 0.5) is 0 Å². The van der Waals surface area contributed by atoms with Crippen LogP contribution in [-0.2, 0) is 4.79 Å². The molecule has 0 heterocycles. The van der Waals surface area contributed by atoms with Crippen molar-refractivity contribution in [2.24, 2.45) is 0 Å². The maximum atomic E-state index is 12.6. The third kappa shape index (κ3) is 2.76. The Labute approximate surface area is 118 Å². The van der Waals surface area contributed by atoms with Crippen molar-refractivity contribution < 1.29 is 19.4 Å². The van der Waals surface area contributed by atoms with Crippen molar-refractivity contribution in [1.29, 1.82) is 0 Å². The van der Waals surface area contributed by atoms with E-state index in [-0.39, 0.29) is 11.9 Å². The maximum Gasteiger partial charge on any atom is 0.326 e. The number of benzene rings is 1. The number of hydrogen-bond donors (Lipinski definition) is 1. The lowest BCUT2D eigenvalue weighted by molar-refractivity contribution is -0.141. The average molecular weight is 277 g/mol. The van der Waals surface area contributed by atoms with E-state index in [1.54, 1.807) is 32.2 Å². The molecule has 0 aliphatic heterocycles. The number of hydrogen-bond acceptors (Lipinski definition) is 3. The van der Waals surface area contributed by atoms with Gasteiger partial charge in [0.15, 0.2) is 0 Å². The number of nitrogens with zero attached hydrogens (tertiary/aromatic N) is 1. The van der Waals surface area contributed by atoms with Gasteiger partial charge in [0.1, 0.15) is 11.8 Å². The topological polar surface area (TPSA) is 66.8 Å². The molecular weight excluding hydrogens is 258 g/mol. The molecule has 0 bridgehead atoms. The number of aliphatic carboxylic acids is 1. The summed E-state index contributed by atoms with van der Waals surface area (Å²) in [4.78, 5) is 25.3. The lowest BCUT2D eigenvalue weighted by Crippen LogP contribution is -2.44. The Morgan fingerprint density at radius 1 is 1.40 bits per heavy atom. The summed E-state index contributed by atoms with van der Waals surface area (Å²) in [6, 6.07) is 4.44. The fourth-order valence-electron chi connectivity index (χ4n) is 2.27. The minimum Gasteiger partial charge on any atom is -0.497 e. The van der Waals surface area contributed by atoms with Gasteiger partial charge in [0, 0.05) is 11.6 Å². The fourth-order valence-corrected chi connectivity index (χ4v) is 2.27. The first-order valence-corrected chi connectivity index (χ1v) is 6.65. The van der Waals surface area contributed by atoms with Crippen molar-refractivity contribution in [3.8, 4) is 5.75 Å². The number of rotatable bonds is 5. The van der Waals surface area contributed by atoms with E-state index in [1.807, 2.05) is 6.92 Å². The molecule has 1 N–H and O–H groups in total. The molecule has 1 aliphatic rings. The van der Waals surface area contributed by atoms with Crippen molar-refractivity contribution in [2.75, 3.05) is 7.11 Å². The highest BCUT2D eigenvalue weighted by Gasteiger charge is 2.39. The maximum absolute atomic E-state index is 12.6. The number of aryl methyl sites for hydroxylation is 1. The Hall–Kier alpha value is -2.04. The summed E-state index contributed by atoms with van der Waals surface area (Å²) >= 11 is 0. The summed E-state index contributed by atoms with van der Waals surface area (Å²) in [5.41, 5.74) is 1.32. The van der Waals surface area contributed by atoms with Gasteiger partial charge >= 0.3 is 5.97 Å². The fraction of sp³-hybridized carbons (Fsp3) is 0.467. The number of carboxylic acid groups (broad SMARTS) is 1. The van der Waals surface area contributed by atoms with Gasteiger partial charge in [-0.2, -0.15) is 0 Å². The lowest BCUT2D eigenvalue weighted by Gasteiger charge is -2.27. The molecule has 5 heteroatoms. The number of carbonyl (C=O) groups excluding carboxylic acids is 1. The Bertz CT molecular complexity index is 537. The van der Waals surface area contributed by atoms with Gasteiger partial charge in [0.25, 0.3) is 5.91 Å². The summed E-state index contributed by atoms with van der Waals surface area (Å²) in [7, 11) is 1.57. The summed E-state index contributed by atoms with van der Waals surface area (Å²) in [5, 5.41) is 9.16. The Morgan fingerprint density at radius 3 is 2.50 bits per heavy atom. The predicted octanol–water partition coefficient (Wildman–Crippen LogP) is 2.08. The Morgan fingerprint density at radius 2 is 2.05 bits per heavy atom. The minimum absolute atomic E-state index is 0.0510. The lowest BCUT2D eigenvalue weighted by atomic mass is 10.1. The van der Waals surface area contributed by atoms with E-state index in [1.165, 1.54) is 4.90 Å². The first kappa shape index (κ1) is 14.4. The molecule has 1 fully saturated rings. The normalized spacial score (nSPS) is 15.6. The molecule has 2 rings (SSSR count). The van der Waals surface area contributed by atoms with Crippen LogP contribution in [0.1, 0.15) is 35.7 Å². The zero-order valence-corrected chi connectivity index (χ0v) is 11.9. The molecule has 1 amide bonds. The Balaban J connectivity index is 2.30. The van der Waals surface area contributed by atoms with Gasteiger partial charge < -0.3 is 14.7 Å². The van der Waals surface area contributed by atoms with Crippen molar-refractivity contribution in [3.63, 3.8) is 0 Å². The van der Waals surface area contributed by atoms with E-state index in [0.717, 1.165) is 18.4 Å². The largest absolute Gasteiger partial charge is 0.497 e. The van der Waals surface area contributed by atoms with Gasteiger partial charge in [-0.05, 0) is 50.5 Å². The number of methoxy groups -OCH3 is 1. The molecule has 0 saturated heterocycles. The van der Waals surface area contributed by atoms with Gasteiger partial charge in [0.05, 0.1) is 7.11 Å². The SMILES string of the molecule is COc1ccc(C(=O)N(C2CC2)C(C)C(=O)O)c(C)c1. The monoisotopic (exact) mass is 277 g/mol. The van der Waals surface area contributed by atoms with Crippen molar-refractivity contribution >= 4 is 11.9 Å². The van der Waals surface area contributed by atoms with Gasteiger partial charge in [-0.1, -0.05) is 0 Å². The summed E-state index contributed by atoms with van der Waals surface area (Å²) in [6.07, 6.45) is 1.75. The molecule has 1 saturated carbocycles. The number of ether oxygens (including phenoxy) is 1. The van der Waals surface area contributed by atoms with Crippen LogP contribution in [0, 0.1) is 6.92 Å².